The van der Waals surface area contributed by atoms with Crippen LogP contribution in [-0.4, -0.2) is 32.4 Å². The molecule has 0 aromatic heterocycles. The highest BCUT2D eigenvalue weighted by atomic mass is 127. The molecule has 1 aromatic rings. The quantitative estimate of drug-likeness (QED) is 0.707. The molecule has 1 aromatic carbocycles. The Morgan fingerprint density at radius 1 is 1.44 bits per heavy atom. The topological polar surface area (TPSA) is 63.2 Å². The summed E-state index contributed by atoms with van der Waals surface area (Å²) in [6.07, 6.45) is 0. The lowest BCUT2D eigenvalue weighted by molar-refractivity contribution is 0.0955. The van der Waals surface area contributed by atoms with Crippen molar-refractivity contribution in [2.75, 3.05) is 18.1 Å². The first-order valence-electron chi connectivity index (χ1n) is 5.29. The van der Waals surface area contributed by atoms with Crippen LogP contribution >= 0.6 is 38.5 Å². The summed E-state index contributed by atoms with van der Waals surface area (Å²) in [6.45, 7) is 1.72. The zero-order chi connectivity index (χ0) is 13.8. The van der Waals surface area contributed by atoms with Crippen LogP contribution in [-0.2, 0) is 9.84 Å². The van der Waals surface area contributed by atoms with Gasteiger partial charge in [0.1, 0.15) is 0 Å². The summed E-state index contributed by atoms with van der Waals surface area (Å²) >= 11 is 5.41. The second-order valence-corrected chi connectivity index (χ2v) is 8.19. The second kappa shape index (κ2) is 6.85. The molecule has 0 saturated heterocycles. The minimum absolute atomic E-state index is 0.0310. The van der Waals surface area contributed by atoms with Gasteiger partial charge in [0, 0.05) is 20.3 Å². The van der Waals surface area contributed by atoms with Crippen molar-refractivity contribution in [2.45, 2.75) is 6.92 Å². The number of hydrogen-bond acceptors (Lipinski definition) is 3. The van der Waals surface area contributed by atoms with Gasteiger partial charge in [0.15, 0.2) is 9.84 Å². The number of amides is 1. The van der Waals surface area contributed by atoms with Crippen LogP contribution in [0.4, 0.5) is 0 Å². The van der Waals surface area contributed by atoms with Gasteiger partial charge in [-0.05, 0) is 56.7 Å². The Morgan fingerprint density at radius 3 is 2.72 bits per heavy atom. The van der Waals surface area contributed by atoms with Crippen LogP contribution in [0, 0.1) is 3.57 Å². The lowest BCUT2D eigenvalue weighted by Gasteiger charge is -2.07. The van der Waals surface area contributed by atoms with E-state index in [1.165, 1.54) is 0 Å². The molecule has 0 atom stereocenters. The first kappa shape index (κ1) is 15.9. The van der Waals surface area contributed by atoms with Gasteiger partial charge in [0.2, 0.25) is 0 Å². The summed E-state index contributed by atoms with van der Waals surface area (Å²) in [7, 11) is -3.04. The number of sulfone groups is 1. The molecular weight excluding hydrogens is 433 g/mol. The summed E-state index contributed by atoms with van der Waals surface area (Å²) in [5.41, 5.74) is 0.510. The van der Waals surface area contributed by atoms with Gasteiger partial charge in [-0.1, -0.05) is 6.92 Å². The fourth-order valence-electron chi connectivity index (χ4n) is 1.23. The Bertz CT molecular complexity index is 545. The van der Waals surface area contributed by atoms with Crippen LogP contribution < -0.4 is 5.32 Å². The first-order valence-corrected chi connectivity index (χ1v) is 8.98. The zero-order valence-electron chi connectivity index (χ0n) is 9.74. The monoisotopic (exact) mass is 445 g/mol. The van der Waals surface area contributed by atoms with Crippen molar-refractivity contribution in [1.29, 1.82) is 0 Å². The fourth-order valence-corrected chi connectivity index (χ4v) is 2.85. The molecule has 100 valence electrons. The van der Waals surface area contributed by atoms with Crippen molar-refractivity contribution >= 4 is 54.3 Å². The smallest absolute Gasteiger partial charge is 0.252 e. The molecule has 0 fully saturated rings. The number of carbonyl (C=O) groups is 1. The Hall–Kier alpha value is -0.150. The molecule has 7 heteroatoms. The molecule has 4 nitrogen and oxygen atoms in total. The van der Waals surface area contributed by atoms with E-state index in [0.717, 1.165) is 3.57 Å². The van der Waals surface area contributed by atoms with Crippen molar-refractivity contribution in [2.24, 2.45) is 0 Å². The zero-order valence-corrected chi connectivity index (χ0v) is 14.3. The van der Waals surface area contributed by atoms with Crippen LogP contribution in [0.1, 0.15) is 17.3 Å². The molecule has 0 aliphatic heterocycles. The van der Waals surface area contributed by atoms with E-state index >= 15 is 0 Å². The van der Waals surface area contributed by atoms with Gasteiger partial charge in [0.25, 0.3) is 5.91 Å². The van der Waals surface area contributed by atoms with E-state index in [2.05, 4.69) is 43.8 Å². The van der Waals surface area contributed by atoms with Crippen molar-refractivity contribution in [3.05, 3.63) is 31.8 Å². The van der Waals surface area contributed by atoms with Crippen molar-refractivity contribution in [3.63, 3.8) is 0 Å². The Kier molecular flexibility index (Phi) is 6.06. The van der Waals surface area contributed by atoms with Gasteiger partial charge < -0.3 is 5.32 Å². The third kappa shape index (κ3) is 4.85. The number of benzene rings is 1. The first-order chi connectivity index (χ1) is 8.35. The van der Waals surface area contributed by atoms with Gasteiger partial charge >= 0.3 is 0 Å². The molecule has 0 heterocycles. The summed E-state index contributed by atoms with van der Waals surface area (Å²) in [5.74, 6) is -0.209. The molecule has 0 aliphatic rings. The van der Waals surface area contributed by atoms with Gasteiger partial charge in [-0.3, -0.25) is 4.79 Å². The standard InChI is InChI=1S/C11H13BrINO3S/c1-2-18(16,17)6-5-14-11(15)9-7-8(13)3-4-10(9)12/h3-4,7H,2,5-6H2,1H3,(H,14,15). The van der Waals surface area contributed by atoms with E-state index in [-0.39, 0.29) is 24.0 Å². The van der Waals surface area contributed by atoms with Crippen molar-refractivity contribution < 1.29 is 13.2 Å². The van der Waals surface area contributed by atoms with Crippen LogP contribution in [0.3, 0.4) is 0 Å². The van der Waals surface area contributed by atoms with E-state index in [1.807, 2.05) is 6.07 Å². The highest BCUT2D eigenvalue weighted by Crippen LogP contribution is 2.19. The van der Waals surface area contributed by atoms with Gasteiger partial charge in [0.05, 0.1) is 11.3 Å². The number of rotatable bonds is 5. The van der Waals surface area contributed by atoms with Crippen LogP contribution in [0.5, 0.6) is 0 Å². The average Bonchev–Trinajstić information content (AvgIpc) is 2.32. The van der Waals surface area contributed by atoms with E-state index in [9.17, 15) is 13.2 Å². The largest absolute Gasteiger partial charge is 0.351 e. The SMILES string of the molecule is CCS(=O)(=O)CCNC(=O)c1cc(I)ccc1Br. The molecule has 1 amide bonds. The minimum Gasteiger partial charge on any atom is -0.351 e. The van der Waals surface area contributed by atoms with E-state index in [1.54, 1.807) is 19.1 Å². The van der Waals surface area contributed by atoms with E-state index < -0.39 is 9.84 Å². The molecule has 1 N–H and O–H groups in total. The molecule has 1 rings (SSSR count). The lowest BCUT2D eigenvalue weighted by atomic mass is 10.2. The predicted octanol–water partition coefficient (Wildman–Crippen LogP) is 2.22. The Balaban J connectivity index is 2.64. The predicted molar refractivity (Wildman–Crippen MR) is 83.5 cm³/mol. The molecule has 0 unspecified atom stereocenters. The van der Waals surface area contributed by atoms with Crippen LogP contribution in [0.2, 0.25) is 0 Å². The summed E-state index contributed by atoms with van der Waals surface area (Å²) in [6, 6.07) is 5.41. The molecule has 0 spiro atoms. The maximum absolute atomic E-state index is 11.9. The molecule has 0 saturated carbocycles. The van der Waals surface area contributed by atoms with Crippen molar-refractivity contribution in [1.82, 2.24) is 5.32 Å². The molecule has 0 radical (unpaired) electrons. The normalized spacial score (nSPS) is 11.3. The van der Waals surface area contributed by atoms with Crippen molar-refractivity contribution in [3.8, 4) is 0 Å². The van der Waals surface area contributed by atoms with Gasteiger partial charge in [-0.15, -0.1) is 0 Å². The van der Waals surface area contributed by atoms with Crippen LogP contribution in [0.25, 0.3) is 0 Å². The molecular formula is C11H13BrINO3S. The number of hydrogen-bond donors (Lipinski definition) is 1. The fraction of sp³-hybridized carbons (Fsp3) is 0.364. The second-order valence-electron chi connectivity index (χ2n) is 3.62. The molecule has 0 bridgehead atoms. The summed E-state index contributed by atoms with van der Waals surface area (Å²) in [4.78, 5) is 11.9. The Morgan fingerprint density at radius 2 is 2.11 bits per heavy atom. The number of carbonyl (C=O) groups excluding carboxylic acids is 1. The molecule has 18 heavy (non-hydrogen) atoms. The number of halogens is 2. The average molecular weight is 446 g/mol. The third-order valence-corrected chi connectivity index (χ3v) is 5.38. The van der Waals surface area contributed by atoms with E-state index in [4.69, 9.17) is 0 Å². The summed E-state index contributed by atoms with van der Waals surface area (Å²) in [5, 5.41) is 2.61. The number of nitrogens with one attached hydrogen (secondary N) is 1. The van der Waals surface area contributed by atoms with Crippen LogP contribution in [0.15, 0.2) is 22.7 Å². The van der Waals surface area contributed by atoms with Gasteiger partial charge in [-0.25, -0.2) is 8.42 Å². The van der Waals surface area contributed by atoms with Gasteiger partial charge in [-0.2, -0.15) is 0 Å². The summed E-state index contributed by atoms with van der Waals surface area (Å²) < 4.78 is 24.2. The lowest BCUT2D eigenvalue weighted by Crippen LogP contribution is -2.29. The minimum atomic E-state index is -3.04. The highest BCUT2D eigenvalue weighted by molar-refractivity contribution is 14.1. The Labute approximate surface area is 129 Å². The van der Waals surface area contributed by atoms with E-state index in [0.29, 0.717) is 10.0 Å². The molecule has 0 aliphatic carbocycles. The maximum atomic E-state index is 11.9. The maximum Gasteiger partial charge on any atom is 0.252 e. The third-order valence-electron chi connectivity index (χ3n) is 2.31. The highest BCUT2D eigenvalue weighted by Gasteiger charge is 2.12.